The van der Waals surface area contributed by atoms with Crippen LogP contribution in [0.2, 0.25) is 0 Å². The lowest BCUT2D eigenvalue weighted by Crippen LogP contribution is -1.94. The Hall–Kier alpha value is -5.58. The van der Waals surface area contributed by atoms with E-state index in [2.05, 4.69) is 133 Å². The van der Waals surface area contributed by atoms with Crippen LogP contribution in [-0.2, 0) is 0 Å². The van der Waals surface area contributed by atoms with Gasteiger partial charge in [0.1, 0.15) is 11.2 Å². The average molecular weight is 611 g/mol. The van der Waals surface area contributed by atoms with Crippen molar-refractivity contribution in [3.05, 3.63) is 151 Å². The summed E-state index contributed by atoms with van der Waals surface area (Å²) in [6.45, 7) is 5.80. The number of benzene rings is 7. The van der Waals surface area contributed by atoms with E-state index in [-0.39, 0.29) is 0 Å². The van der Waals surface area contributed by atoms with Crippen molar-refractivity contribution in [3.63, 3.8) is 0 Å². The molecular weight excluding hydrogens is 581 g/mol. The molecule has 0 aliphatic carbocycles. The summed E-state index contributed by atoms with van der Waals surface area (Å²) in [5.74, 6) is 0. The van der Waals surface area contributed by atoms with Gasteiger partial charge in [-0.15, -0.1) is 12.6 Å². The highest BCUT2D eigenvalue weighted by Gasteiger charge is 2.18. The minimum absolute atomic E-state index is 0.765. The molecule has 0 radical (unpaired) electrons. The van der Waals surface area contributed by atoms with E-state index in [1.54, 1.807) is 0 Å². The SMILES string of the molecule is C=Nc1cc(-c2ccccc2)c2oc3ccccc3c2c1S.Cc1ccc(-n2c3ccccc3c3ccc4ccccc4c32)cc1. The molecule has 0 N–H and O–H groups in total. The van der Waals surface area contributed by atoms with Crippen molar-refractivity contribution in [2.75, 3.05) is 0 Å². The van der Waals surface area contributed by atoms with Crippen molar-refractivity contribution in [2.45, 2.75) is 11.8 Å². The van der Waals surface area contributed by atoms with Gasteiger partial charge in [-0.2, -0.15) is 0 Å². The van der Waals surface area contributed by atoms with Crippen LogP contribution in [0.1, 0.15) is 5.56 Å². The molecule has 4 heteroatoms. The molecule has 0 unspecified atom stereocenters. The number of hydrogen-bond donors (Lipinski definition) is 1. The van der Waals surface area contributed by atoms with Crippen LogP contribution < -0.4 is 0 Å². The predicted molar refractivity (Wildman–Crippen MR) is 199 cm³/mol. The maximum Gasteiger partial charge on any atom is 0.144 e. The van der Waals surface area contributed by atoms with Crippen molar-refractivity contribution < 1.29 is 4.42 Å². The number of furan rings is 1. The van der Waals surface area contributed by atoms with E-state index in [0.717, 1.165) is 43.6 Å². The van der Waals surface area contributed by atoms with Gasteiger partial charge in [-0.3, -0.25) is 4.99 Å². The van der Waals surface area contributed by atoms with Crippen molar-refractivity contribution >= 4 is 79.6 Å². The van der Waals surface area contributed by atoms with E-state index >= 15 is 0 Å². The summed E-state index contributed by atoms with van der Waals surface area (Å²) in [5, 5.41) is 7.23. The molecular formula is C42H30N2OS. The molecule has 0 saturated heterocycles. The monoisotopic (exact) mass is 610 g/mol. The number of fused-ring (bicyclic) bond motifs is 8. The zero-order valence-electron chi connectivity index (χ0n) is 25.3. The third-order valence-corrected chi connectivity index (χ3v) is 9.16. The van der Waals surface area contributed by atoms with Crippen molar-refractivity contribution in [1.82, 2.24) is 4.57 Å². The number of para-hydroxylation sites is 2. The van der Waals surface area contributed by atoms with Gasteiger partial charge in [-0.05, 0) is 54.9 Å². The summed E-state index contributed by atoms with van der Waals surface area (Å²) in [6.07, 6.45) is 0. The number of nitrogens with zero attached hydrogens (tertiary/aromatic N) is 2. The molecule has 0 aliphatic rings. The fourth-order valence-corrected chi connectivity index (χ4v) is 6.87. The van der Waals surface area contributed by atoms with Crippen molar-refractivity contribution in [1.29, 1.82) is 0 Å². The smallest absolute Gasteiger partial charge is 0.144 e. The second kappa shape index (κ2) is 11.4. The number of aryl methyl sites for hydroxylation is 1. The van der Waals surface area contributed by atoms with Gasteiger partial charge >= 0.3 is 0 Å². The van der Waals surface area contributed by atoms with Gasteiger partial charge in [0.2, 0.25) is 0 Å². The first-order valence-electron chi connectivity index (χ1n) is 15.3. The molecule has 0 bridgehead atoms. The van der Waals surface area contributed by atoms with Crippen LogP contribution in [0.25, 0.3) is 71.3 Å². The molecule has 9 rings (SSSR count). The Morgan fingerprint density at radius 2 is 1.33 bits per heavy atom. The normalized spacial score (nSPS) is 11.3. The Kier molecular flexibility index (Phi) is 6.93. The summed E-state index contributed by atoms with van der Waals surface area (Å²) in [5.41, 5.74) is 9.59. The predicted octanol–water partition coefficient (Wildman–Crippen LogP) is 12.1. The Balaban J connectivity index is 0.000000136. The van der Waals surface area contributed by atoms with Crippen LogP contribution in [-0.4, -0.2) is 11.3 Å². The molecule has 0 aliphatic heterocycles. The molecule has 2 aromatic heterocycles. The van der Waals surface area contributed by atoms with E-state index in [4.69, 9.17) is 4.42 Å². The number of aromatic nitrogens is 1. The summed E-state index contributed by atoms with van der Waals surface area (Å²) in [7, 11) is 0. The molecule has 7 aromatic carbocycles. The second-order valence-corrected chi connectivity index (χ2v) is 11.9. The minimum Gasteiger partial charge on any atom is -0.455 e. The zero-order chi connectivity index (χ0) is 31.2. The lowest BCUT2D eigenvalue weighted by Gasteiger charge is -2.10. The molecule has 0 atom stereocenters. The van der Waals surface area contributed by atoms with Gasteiger partial charge in [0.15, 0.2) is 0 Å². The van der Waals surface area contributed by atoms with Crippen LogP contribution in [0.15, 0.2) is 160 Å². The highest BCUT2D eigenvalue weighted by atomic mass is 32.1. The summed E-state index contributed by atoms with van der Waals surface area (Å²) < 4.78 is 8.50. The van der Waals surface area contributed by atoms with Crippen LogP contribution in [0.3, 0.4) is 0 Å². The molecule has 3 nitrogen and oxygen atoms in total. The van der Waals surface area contributed by atoms with Gasteiger partial charge in [0.05, 0.1) is 16.7 Å². The number of aliphatic imine (C=N–C) groups is 1. The number of hydrogen-bond acceptors (Lipinski definition) is 3. The zero-order valence-corrected chi connectivity index (χ0v) is 26.2. The fourth-order valence-electron chi connectivity index (χ4n) is 6.51. The van der Waals surface area contributed by atoms with Gasteiger partial charge in [-0.1, -0.05) is 121 Å². The first kappa shape index (κ1) is 27.9. The molecule has 220 valence electrons. The molecule has 0 amide bonds. The summed E-state index contributed by atoms with van der Waals surface area (Å²) in [4.78, 5) is 4.93. The van der Waals surface area contributed by atoms with Crippen molar-refractivity contribution in [2.24, 2.45) is 4.99 Å². The number of thiol groups is 1. The van der Waals surface area contributed by atoms with Crippen molar-refractivity contribution in [3.8, 4) is 16.8 Å². The minimum atomic E-state index is 0.765. The third-order valence-electron chi connectivity index (χ3n) is 8.71. The van der Waals surface area contributed by atoms with Gasteiger partial charge in [0, 0.05) is 43.1 Å². The van der Waals surface area contributed by atoms with Crippen LogP contribution in [0.5, 0.6) is 0 Å². The Bertz CT molecular complexity index is 2560. The molecule has 0 spiro atoms. The Labute approximate surface area is 272 Å². The summed E-state index contributed by atoms with van der Waals surface area (Å²) >= 11 is 4.65. The van der Waals surface area contributed by atoms with E-state index < -0.39 is 0 Å². The second-order valence-electron chi connectivity index (χ2n) is 11.5. The Morgan fingerprint density at radius 1 is 0.652 bits per heavy atom. The van der Waals surface area contributed by atoms with E-state index in [1.165, 1.54) is 43.8 Å². The van der Waals surface area contributed by atoms with Gasteiger partial charge < -0.3 is 8.98 Å². The van der Waals surface area contributed by atoms with Gasteiger partial charge in [0.25, 0.3) is 0 Å². The maximum atomic E-state index is 6.11. The van der Waals surface area contributed by atoms with E-state index in [1.807, 2.05) is 48.5 Å². The Morgan fingerprint density at radius 3 is 2.11 bits per heavy atom. The molecule has 0 fully saturated rings. The van der Waals surface area contributed by atoms with Crippen LogP contribution in [0.4, 0.5) is 5.69 Å². The van der Waals surface area contributed by atoms with Crippen LogP contribution in [0, 0.1) is 6.92 Å². The topological polar surface area (TPSA) is 30.4 Å². The van der Waals surface area contributed by atoms with E-state index in [9.17, 15) is 0 Å². The maximum absolute atomic E-state index is 6.11. The quantitative estimate of drug-likeness (QED) is 0.157. The number of rotatable bonds is 3. The highest BCUT2D eigenvalue weighted by Crippen LogP contribution is 2.43. The fraction of sp³-hybridized carbons (Fsp3) is 0.0238. The lowest BCUT2D eigenvalue weighted by atomic mass is 10.0. The largest absolute Gasteiger partial charge is 0.455 e. The summed E-state index contributed by atoms with van der Waals surface area (Å²) in [6, 6.07) is 50.7. The first-order chi connectivity index (χ1) is 22.6. The third kappa shape index (κ3) is 4.58. The van der Waals surface area contributed by atoms with Gasteiger partial charge in [-0.25, -0.2) is 0 Å². The highest BCUT2D eigenvalue weighted by molar-refractivity contribution is 7.80. The molecule has 0 saturated carbocycles. The molecule has 2 heterocycles. The average Bonchev–Trinajstić information content (AvgIpc) is 3.67. The molecule has 9 aromatic rings. The standard InChI is InChI=1S/C23H17N.C19H13NOS/c1-16-10-13-18(14-11-16)24-22-9-5-4-8-20(22)21-15-12-17-6-2-3-7-19(17)23(21)24;1-20-15-11-14(12-7-3-2-4-8-12)18-17(19(15)22)13-9-5-6-10-16(13)21-18/h2-15H,1H3;2-11,22H,1H2. The van der Waals surface area contributed by atoms with E-state index in [0.29, 0.717) is 0 Å². The first-order valence-corrected chi connectivity index (χ1v) is 15.7. The molecule has 46 heavy (non-hydrogen) atoms. The van der Waals surface area contributed by atoms with Crippen LogP contribution >= 0.6 is 12.6 Å². The lowest BCUT2D eigenvalue weighted by molar-refractivity contribution is 0.669.